The monoisotopic (exact) mass is 370 g/mol. The van der Waals surface area contributed by atoms with Crippen LogP contribution in [0.15, 0.2) is 53.0 Å². The molecule has 2 aromatic rings. The molecule has 0 saturated carbocycles. The summed E-state index contributed by atoms with van der Waals surface area (Å²) in [6.07, 6.45) is 0.771. The van der Waals surface area contributed by atoms with Crippen LogP contribution < -0.4 is 0 Å². The minimum Gasteiger partial charge on any atom is -0.726 e. The first-order valence-corrected chi connectivity index (χ1v) is 7.81. The maximum Gasteiger partial charge on any atom is 0.388 e. The Bertz CT molecular complexity index is 732. The Morgan fingerprint density at radius 3 is 2.19 bits per heavy atom. The Morgan fingerprint density at radius 2 is 1.67 bits per heavy atom. The second-order valence-electron chi connectivity index (χ2n) is 3.96. The van der Waals surface area contributed by atoms with Gasteiger partial charge in [0.1, 0.15) is 0 Å². The fourth-order valence-electron chi connectivity index (χ4n) is 1.58. The summed E-state index contributed by atoms with van der Waals surface area (Å²) in [7, 11) is -4.92. The van der Waals surface area contributed by atoms with Crippen molar-refractivity contribution in [2.45, 2.75) is 6.42 Å². The number of halogens is 1. The van der Waals surface area contributed by atoms with Crippen molar-refractivity contribution in [2.24, 2.45) is 0 Å². The van der Waals surface area contributed by atoms with Gasteiger partial charge in [-0.1, -0.05) is 46.3 Å². The van der Waals surface area contributed by atoms with E-state index in [2.05, 4.69) is 33.0 Å². The molecule has 0 bridgehead atoms. The molecular weight excluding hydrogens is 360 g/mol. The van der Waals surface area contributed by atoms with Gasteiger partial charge in [0, 0.05) is 17.0 Å². The van der Waals surface area contributed by atoms with Gasteiger partial charge < -0.3 is 4.55 Å². The molecule has 0 heterocycles. The first kappa shape index (κ1) is 17.3. The van der Waals surface area contributed by atoms with Gasteiger partial charge in [-0.25, -0.2) is 8.42 Å². The fraction of sp³-hybridized carbons (Fsp3) is 0.0769. The van der Waals surface area contributed by atoms with Crippen molar-refractivity contribution < 1.29 is 17.5 Å². The Kier molecular flexibility index (Phi) is 6.45. The van der Waals surface area contributed by atoms with E-state index in [1.807, 2.05) is 30.3 Å². The van der Waals surface area contributed by atoms with Gasteiger partial charge in [0.25, 0.3) is 0 Å². The van der Waals surface area contributed by atoms with E-state index < -0.39 is 10.4 Å². The summed E-state index contributed by atoms with van der Waals surface area (Å²) in [6, 6.07) is 15.7. The van der Waals surface area contributed by atoms with E-state index in [1.165, 1.54) is 5.56 Å². The van der Waals surface area contributed by atoms with Crippen molar-refractivity contribution in [3.63, 3.8) is 0 Å². The second-order valence-corrected chi connectivity index (χ2v) is 5.73. The highest BCUT2D eigenvalue weighted by atomic mass is 79.9. The number of benzene rings is 2. The lowest BCUT2D eigenvalue weighted by Gasteiger charge is -1.99. The summed E-state index contributed by atoms with van der Waals surface area (Å²) in [6.45, 7) is 0. The zero-order valence-electron chi connectivity index (χ0n) is 10.7. The number of hydrogen-bond acceptors (Lipinski definition) is 4. The molecule has 2 rings (SSSR count). The van der Waals surface area contributed by atoms with Gasteiger partial charge in [-0.2, -0.15) is 0 Å². The molecule has 0 radical (unpaired) electrons. The number of nitrogens with zero attached hydrogens (tertiary/aromatic N) is 2. The fourth-order valence-corrected chi connectivity index (χ4v) is 1.84. The topological polar surface area (TPSA) is 106 Å². The van der Waals surface area contributed by atoms with Crippen LogP contribution in [0.5, 0.6) is 0 Å². The average molecular weight is 371 g/mol. The van der Waals surface area contributed by atoms with Gasteiger partial charge in [-0.15, -0.1) is 0 Å². The number of rotatable bonds is 2. The molecule has 1 N–H and O–H groups in total. The molecule has 0 amide bonds. The van der Waals surface area contributed by atoms with Gasteiger partial charge in [-0.3, -0.25) is 4.55 Å². The highest BCUT2D eigenvalue weighted by Gasteiger charge is 2.11. The van der Waals surface area contributed by atoms with Gasteiger partial charge in [0.05, 0.1) is 5.56 Å². The molecule has 6 nitrogen and oxygen atoms in total. The van der Waals surface area contributed by atoms with E-state index in [-0.39, 0.29) is 0 Å². The van der Waals surface area contributed by atoms with Crippen molar-refractivity contribution in [1.82, 2.24) is 0 Å². The Morgan fingerprint density at radius 1 is 1.14 bits per heavy atom. The van der Waals surface area contributed by atoms with Gasteiger partial charge in [0.2, 0.25) is 15.8 Å². The largest absolute Gasteiger partial charge is 0.726 e. The molecule has 0 spiro atoms. The predicted octanol–water partition coefficient (Wildman–Crippen LogP) is 3.53. The van der Waals surface area contributed by atoms with Crippen molar-refractivity contribution in [3.05, 3.63) is 69.1 Å². The highest BCUT2D eigenvalue weighted by Crippen LogP contribution is 2.22. The van der Waals surface area contributed by atoms with E-state index in [1.54, 1.807) is 6.07 Å². The van der Waals surface area contributed by atoms with Crippen LogP contribution >= 0.6 is 15.9 Å². The zero-order valence-corrected chi connectivity index (χ0v) is 13.1. The molecule has 8 heteroatoms. The lowest BCUT2D eigenvalue weighted by Crippen LogP contribution is -1.90. The lowest BCUT2D eigenvalue weighted by molar-refractivity contribution is 0.366. The average Bonchev–Trinajstić information content (AvgIpc) is 2.40. The zero-order chi connectivity index (χ0) is 15.9. The summed E-state index contributed by atoms with van der Waals surface area (Å²) in [4.78, 5) is 3.27. The molecule has 0 aliphatic carbocycles. The number of diazo groups is 1. The smallest absolute Gasteiger partial charge is 0.388 e. The van der Waals surface area contributed by atoms with E-state index in [9.17, 15) is 0 Å². The quantitative estimate of drug-likeness (QED) is 0.494. The van der Waals surface area contributed by atoms with Crippen LogP contribution in [0.1, 0.15) is 11.1 Å². The molecule has 0 aliphatic heterocycles. The molecule has 21 heavy (non-hydrogen) atoms. The maximum atomic E-state index is 8.86. The van der Waals surface area contributed by atoms with Gasteiger partial charge in [-0.05, 0) is 17.7 Å². The molecule has 0 unspecified atom stereocenters. The van der Waals surface area contributed by atoms with Gasteiger partial charge >= 0.3 is 5.69 Å². The van der Waals surface area contributed by atoms with Crippen LogP contribution in [0.25, 0.3) is 4.98 Å². The van der Waals surface area contributed by atoms with E-state index in [0.717, 1.165) is 16.5 Å². The molecule has 0 aliphatic rings. The first-order valence-electron chi connectivity index (χ1n) is 5.65. The summed E-state index contributed by atoms with van der Waals surface area (Å²) < 4.78 is 33.9. The molecule has 0 fully saturated rings. The molecule has 0 saturated heterocycles. The molecule has 0 atom stereocenters. The van der Waals surface area contributed by atoms with E-state index in [4.69, 9.17) is 22.9 Å². The maximum absolute atomic E-state index is 8.86. The predicted molar refractivity (Wildman–Crippen MR) is 80.5 cm³/mol. The summed E-state index contributed by atoms with van der Waals surface area (Å²) in [5, 5.41) is 8.86. The summed E-state index contributed by atoms with van der Waals surface area (Å²) in [5.74, 6) is 0. The third-order valence-corrected chi connectivity index (χ3v) is 2.94. The number of hydrogen-bond donors (Lipinski definition) is 1. The van der Waals surface area contributed by atoms with Crippen molar-refractivity contribution in [2.75, 3.05) is 0 Å². The lowest BCUT2D eigenvalue weighted by atomic mass is 10.0. The normalized spacial score (nSPS) is 10.2. The van der Waals surface area contributed by atoms with Crippen LogP contribution in [-0.2, 0) is 16.8 Å². The Hall–Kier alpha value is -1.79. The molecule has 0 aromatic heterocycles. The molecular formula is C13H11BrN2O4S. The Balaban J connectivity index is 0.000000383. The van der Waals surface area contributed by atoms with Crippen LogP contribution in [0.3, 0.4) is 0 Å². The van der Waals surface area contributed by atoms with Crippen LogP contribution in [0.4, 0.5) is 5.69 Å². The van der Waals surface area contributed by atoms with Crippen LogP contribution in [0.2, 0.25) is 0 Å². The minimum atomic E-state index is -4.92. The summed E-state index contributed by atoms with van der Waals surface area (Å²) in [5.41, 5.74) is 2.84. The second kappa shape index (κ2) is 7.85. The molecule has 110 valence electrons. The first-order chi connectivity index (χ1) is 9.79. The van der Waals surface area contributed by atoms with Crippen LogP contribution in [-0.4, -0.2) is 17.5 Å². The van der Waals surface area contributed by atoms with E-state index in [0.29, 0.717) is 5.69 Å². The van der Waals surface area contributed by atoms with Crippen molar-refractivity contribution in [1.29, 1.82) is 5.39 Å². The van der Waals surface area contributed by atoms with E-state index >= 15 is 0 Å². The third-order valence-electron chi connectivity index (χ3n) is 2.41. The highest BCUT2D eigenvalue weighted by molar-refractivity contribution is 9.10. The van der Waals surface area contributed by atoms with Gasteiger partial charge in [0.15, 0.2) is 4.98 Å². The Labute approximate surface area is 130 Å². The standard InChI is InChI=1S/C13H10BrN2.H2O4S/c14-12-7-5-10(6-8-12)9-11-3-1-2-4-13(11)16-15;1-5(2,3)4/h1-8H,9H2;(H2,1,2,3,4)/q+1;/p-1. The van der Waals surface area contributed by atoms with Crippen molar-refractivity contribution >= 4 is 32.0 Å². The minimum absolute atomic E-state index is 0.630. The summed E-state index contributed by atoms with van der Waals surface area (Å²) >= 11 is 3.40. The van der Waals surface area contributed by atoms with Crippen molar-refractivity contribution in [3.8, 4) is 0 Å². The molecule has 2 aromatic carbocycles. The van der Waals surface area contributed by atoms with Crippen LogP contribution in [0, 0.1) is 5.39 Å². The third kappa shape index (κ3) is 7.53. The SMILES string of the molecule is N#[N+]c1ccccc1Cc1ccc(Br)cc1.O=S(=O)([O-])O.